The summed E-state index contributed by atoms with van der Waals surface area (Å²) >= 11 is 4.45. The first-order valence-corrected chi connectivity index (χ1v) is 11.3. The highest BCUT2D eigenvalue weighted by molar-refractivity contribution is 7.22. The molecule has 0 aliphatic carbocycles. The van der Waals surface area contributed by atoms with Gasteiger partial charge in [0.1, 0.15) is 15.6 Å². The Balaban J connectivity index is 1.35. The first-order valence-electron chi connectivity index (χ1n) is 8.71. The lowest BCUT2D eigenvalue weighted by atomic mass is 10.1. The quantitative estimate of drug-likeness (QED) is 0.469. The van der Waals surface area contributed by atoms with E-state index in [9.17, 15) is 4.79 Å². The zero-order valence-electron chi connectivity index (χ0n) is 14.9. The minimum atomic E-state index is -0.166. The number of fused-ring (bicyclic) bond motifs is 1. The molecule has 0 saturated carbocycles. The van der Waals surface area contributed by atoms with Crippen LogP contribution < -0.4 is 10.1 Å². The fourth-order valence-corrected chi connectivity index (χ4v) is 5.55. The normalized spacial score (nSPS) is 12.6. The summed E-state index contributed by atoms with van der Waals surface area (Å²) in [6.07, 6.45) is 0.925. The molecule has 5 rings (SSSR count). The van der Waals surface area contributed by atoms with Crippen LogP contribution in [-0.4, -0.2) is 22.5 Å². The van der Waals surface area contributed by atoms with Crippen LogP contribution in [0.25, 0.3) is 21.1 Å². The summed E-state index contributed by atoms with van der Waals surface area (Å²) < 4.78 is 5.56. The fraction of sp³-hybridized carbons (Fsp3) is 0.150. The van der Waals surface area contributed by atoms with Gasteiger partial charge in [0.15, 0.2) is 5.13 Å². The summed E-state index contributed by atoms with van der Waals surface area (Å²) in [5, 5.41) is 8.35. The van der Waals surface area contributed by atoms with Crippen LogP contribution in [0.15, 0.2) is 41.1 Å². The summed E-state index contributed by atoms with van der Waals surface area (Å²) in [7, 11) is 0. The van der Waals surface area contributed by atoms with Crippen LogP contribution >= 0.6 is 34.0 Å². The molecule has 3 aromatic heterocycles. The predicted octanol–water partition coefficient (Wildman–Crippen LogP) is 5.49. The van der Waals surface area contributed by atoms with Crippen molar-refractivity contribution in [2.75, 3.05) is 11.9 Å². The Bertz CT molecular complexity index is 1160. The molecule has 1 aromatic carbocycles. The molecule has 1 aliphatic rings. The zero-order chi connectivity index (χ0) is 19.1. The number of benzene rings is 1. The number of thiazole rings is 2. The van der Waals surface area contributed by atoms with E-state index in [4.69, 9.17) is 4.74 Å². The van der Waals surface area contributed by atoms with Gasteiger partial charge in [0.25, 0.3) is 5.91 Å². The van der Waals surface area contributed by atoms with Gasteiger partial charge in [-0.2, -0.15) is 0 Å². The molecule has 28 heavy (non-hydrogen) atoms. The van der Waals surface area contributed by atoms with Gasteiger partial charge in [0.05, 0.1) is 22.9 Å². The number of aryl methyl sites for hydroxylation is 1. The van der Waals surface area contributed by atoms with Gasteiger partial charge in [0, 0.05) is 17.4 Å². The Hall–Kier alpha value is -2.55. The number of carbonyl (C=O) groups excluding carboxylic acids is 1. The Morgan fingerprint density at radius 2 is 2.14 bits per heavy atom. The number of rotatable bonds is 4. The van der Waals surface area contributed by atoms with Crippen molar-refractivity contribution in [3.8, 4) is 26.9 Å². The molecule has 0 saturated heterocycles. The Labute approximate surface area is 173 Å². The van der Waals surface area contributed by atoms with Crippen molar-refractivity contribution < 1.29 is 9.53 Å². The topological polar surface area (TPSA) is 64.1 Å². The number of ether oxygens (including phenoxy) is 1. The lowest BCUT2D eigenvalue weighted by Gasteiger charge is -2.02. The highest BCUT2D eigenvalue weighted by Gasteiger charge is 2.19. The third-order valence-electron chi connectivity index (χ3n) is 4.44. The first-order chi connectivity index (χ1) is 13.7. The molecule has 0 fully saturated rings. The lowest BCUT2D eigenvalue weighted by Crippen LogP contribution is -2.11. The van der Waals surface area contributed by atoms with E-state index >= 15 is 0 Å². The van der Waals surface area contributed by atoms with Crippen LogP contribution in [-0.2, 0) is 6.42 Å². The molecule has 4 aromatic rings. The Kier molecular flexibility index (Phi) is 4.46. The van der Waals surface area contributed by atoms with E-state index < -0.39 is 0 Å². The van der Waals surface area contributed by atoms with E-state index in [1.165, 1.54) is 28.2 Å². The molecule has 1 amide bonds. The lowest BCUT2D eigenvalue weighted by molar-refractivity contribution is 0.103. The number of nitrogens with one attached hydrogen (secondary N) is 1. The number of thiophene rings is 1. The van der Waals surface area contributed by atoms with Crippen LogP contribution in [0.2, 0.25) is 0 Å². The van der Waals surface area contributed by atoms with Crippen LogP contribution in [0.1, 0.15) is 20.9 Å². The molecule has 0 unspecified atom stereocenters. The number of hydrogen-bond donors (Lipinski definition) is 1. The van der Waals surface area contributed by atoms with Crippen molar-refractivity contribution in [3.63, 3.8) is 0 Å². The summed E-state index contributed by atoms with van der Waals surface area (Å²) in [5.41, 5.74) is 3.84. The van der Waals surface area contributed by atoms with E-state index in [1.807, 2.05) is 41.9 Å². The second-order valence-corrected chi connectivity index (χ2v) is 9.13. The zero-order valence-corrected chi connectivity index (χ0v) is 17.3. The van der Waals surface area contributed by atoms with Gasteiger partial charge in [-0.3, -0.25) is 10.1 Å². The smallest absolute Gasteiger partial charge is 0.269 e. The molecular weight excluding hydrogens is 410 g/mol. The van der Waals surface area contributed by atoms with Gasteiger partial charge >= 0.3 is 0 Å². The number of anilines is 1. The van der Waals surface area contributed by atoms with Crippen molar-refractivity contribution >= 4 is 45.0 Å². The average molecular weight is 426 g/mol. The van der Waals surface area contributed by atoms with Crippen LogP contribution in [0.4, 0.5) is 5.13 Å². The van der Waals surface area contributed by atoms with Gasteiger partial charge in [-0.1, -0.05) is 6.07 Å². The van der Waals surface area contributed by atoms with Crippen LogP contribution in [0, 0.1) is 6.92 Å². The van der Waals surface area contributed by atoms with Crippen molar-refractivity contribution in [1.82, 2.24) is 9.97 Å². The summed E-state index contributed by atoms with van der Waals surface area (Å²) in [4.78, 5) is 23.6. The molecule has 140 valence electrons. The Morgan fingerprint density at radius 1 is 1.21 bits per heavy atom. The van der Waals surface area contributed by atoms with E-state index in [0.717, 1.165) is 45.6 Å². The average Bonchev–Trinajstić information content (AvgIpc) is 3.47. The number of nitrogens with zero attached hydrogens (tertiary/aromatic N) is 2. The summed E-state index contributed by atoms with van der Waals surface area (Å²) in [6.45, 7) is 2.60. The molecular formula is C20H15N3O2S3. The molecule has 0 bridgehead atoms. The maximum absolute atomic E-state index is 12.7. The van der Waals surface area contributed by atoms with Crippen LogP contribution in [0.3, 0.4) is 0 Å². The number of aromatic nitrogens is 2. The maximum Gasteiger partial charge on any atom is 0.269 e. The highest BCUT2D eigenvalue weighted by Crippen LogP contribution is 2.33. The molecule has 8 heteroatoms. The monoisotopic (exact) mass is 425 g/mol. The summed E-state index contributed by atoms with van der Waals surface area (Å²) in [5.74, 6) is 0.788. The van der Waals surface area contributed by atoms with Gasteiger partial charge in [-0.15, -0.1) is 34.0 Å². The van der Waals surface area contributed by atoms with E-state index in [0.29, 0.717) is 10.0 Å². The van der Waals surface area contributed by atoms with Crippen molar-refractivity contribution in [1.29, 1.82) is 0 Å². The molecule has 5 nitrogen and oxygen atoms in total. The standard InChI is InChI=1S/C20H15N3O2S3/c1-11-17(28-19(21-11)16-3-2-8-26-16)18(24)23-20-22-14(10-27-20)12-4-5-15-13(9-12)6-7-25-15/h2-5,8-10H,6-7H2,1H3,(H,22,23,24). The third kappa shape index (κ3) is 3.23. The predicted molar refractivity (Wildman–Crippen MR) is 115 cm³/mol. The van der Waals surface area contributed by atoms with Gasteiger partial charge in [-0.05, 0) is 42.1 Å². The second kappa shape index (κ2) is 7.12. The molecule has 4 heterocycles. The van der Waals surface area contributed by atoms with E-state index in [2.05, 4.69) is 21.4 Å². The van der Waals surface area contributed by atoms with Gasteiger partial charge in [0.2, 0.25) is 0 Å². The maximum atomic E-state index is 12.7. The third-order valence-corrected chi connectivity index (χ3v) is 7.40. The first kappa shape index (κ1) is 17.5. The SMILES string of the molecule is Cc1nc(-c2cccs2)sc1C(=O)Nc1nc(-c2ccc3c(c2)CCO3)cs1. The van der Waals surface area contributed by atoms with E-state index in [-0.39, 0.29) is 5.91 Å². The van der Waals surface area contributed by atoms with Crippen molar-refractivity contribution in [3.05, 3.63) is 57.2 Å². The highest BCUT2D eigenvalue weighted by atomic mass is 32.1. The van der Waals surface area contributed by atoms with Crippen LogP contribution in [0.5, 0.6) is 5.75 Å². The molecule has 1 aliphatic heterocycles. The summed E-state index contributed by atoms with van der Waals surface area (Å²) in [6, 6.07) is 10.1. The largest absolute Gasteiger partial charge is 0.493 e. The molecule has 0 spiro atoms. The van der Waals surface area contributed by atoms with E-state index in [1.54, 1.807) is 11.3 Å². The molecule has 1 N–H and O–H groups in total. The van der Waals surface area contributed by atoms with Gasteiger partial charge < -0.3 is 4.74 Å². The molecule has 0 atom stereocenters. The number of hydrogen-bond acceptors (Lipinski definition) is 7. The Morgan fingerprint density at radius 3 is 3.00 bits per heavy atom. The minimum Gasteiger partial charge on any atom is -0.493 e. The molecule has 0 radical (unpaired) electrons. The van der Waals surface area contributed by atoms with Gasteiger partial charge in [-0.25, -0.2) is 9.97 Å². The number of carbonyl (C=O) groups is 1. The second-order valence-electron chi connectivity index (χ2n) is 6.32. The number of amides is 1. The fourth-order valence-electron chi connectivity index (χ4n) is 3.08. The van der Waals surface area contributed by atoms with Crippen molar-refractivity contribution in [2.24, 2.45) is 0 Å². The minimum absolute atomic E-state index is 0.166. The van der Waals surface area contributed by atoms with Crippen molar-refractivity contribution in [2.45, 2.75) is 13.3 Å².